The van der Waals surface area contributed by atoms with E-state index in [0.29, 0.717) is 5.92 Å². The van der Waals surface area contributed by atoms with Crippen molar-refractivity contribution in [3.05, 3.63) is 84.2 Å². The summed E-state index contributed by atoms with van der Waals surface area (Å²) >= 11 is 0. The number of rotatable bonds is 3. The molecule has 0 N–H and O–H groups in total. The molecule has 1 unspecified atom stereocenters. The van der Waals surface area contributed by atoms with E-state index in [4.69, 9.17) is 0 Å². The molecule has 0 amide bonds. The van der Waals surface area contributed by atoms with Gasteiger partial charge in [0.2, 0.25) is 0 Å². The highest BCUT2D eigenvalue weighted by Crippen LogP contribution is 2.61. The molecule has 1 aliphatic rings. The minimum atomic E-state index is -1.50. The van der Waals surface area contributed by atoms with E-state index < -0.39 is 7.26 Å². The van der Waals surface area contributed by atoms with Crippen LogP contribution in [0.3, 0.4) is 0 Å². The zero-order valence-electron chi connectivity index (χ0n) is 12.7. The Labute approximate surface area is 128 Å². The van der Waals surface area contributed by atoms with Gasteiger partial charge in [-0.25, -0.2) is 0 Å². The minimum Gasteiger partial charge on any atom is -0.0775 e. The van der Waals surface area contributed by atoms with Crippen LogP contribution >= 0.6 is 7.26 Å². The molecule has 0 aliphatic heterocycles. The Kier molecular flexibility index (Phi) is 4.08. The Hall–Kier alpha value is -1.65. The summed E-state index contributed by atoms with van der Waals surface area (Å²) in [6.07, 6.45) is 8.33. The van der Waals surface area contributed by atoms with E-state index in [1.807, 2.05) is 0 Å². The molecule has 1 atom stereocenters. The van der Waals surface area contributed by atoms with Crippen molar-refractivity contribution in [1.82, 2.24) is 0 Å². The normalized spacial score (nSPS) is 18.4. The summed E-state index contributed by atoms with van der Waals surface area (Å²) in [5.74, 6) is 0.661. The van der Waals surface area contributed by atoms with Gasteiger partial charge in [-0.2, -0.15) is 0 Å². The van der Waals surface area contributed by atoms with Crippen LogP contribution in [0.15, 0.2) is 84.2 Å². The van der Waals surface area contributed by atoms with E-state index in [-0.39, 0.29) is 0 Å². The summed E-state index contributed by atoms with van der Waals surface area (Å²) in [4.78, 5) is 0. The quantitative estimate of drug-likeness (QED) is 0.715. The van der Waals surface area contributed by atoms with Gasteiger partial charge >= 0.3 is 0 Å². The smallest absolute Gasteiger partial charge is 0.0775 e. The van der Waals surface area contributed by atoms with E-state index in [9.17, 15) is 0 Å². The van der Waals surface area contributed by atoms with Gasteiger partial charge in [0.15, 0.2) is 0 Å². The van der Waals surface area contributed by atoms with Gasteiger partial charge < -0.3 is 0 Å². The lowest BCUT2D eigenvalue weighted by Gasteiger charge is -2.26. The molecule has 0 saturated carbocycles. The van der Waals surface area contributed by atoms with E-state index in [1.54, 1.807) is 0 Å². The summed E-state index contributed by atoms with van der Waals surface area (Å²) in [6.45, 7) is 4.73. The van der Waals surface area contributed by atoms with Gasteiger partial charge in [0.05, 0.1) is 12.0 Å². The topological polar surface area (TPSA) is 0 Å². The van der Waals surface area contributed by atoms with Crippen LogP contribution in [0.25, 0.3) is 0 Å². The third kappa shape index (κ3) is 2.74. The van der Waals surface area contributed by atoms with Crippen molar-refractivity contribution in [1.29, 1.82) is 0 Å². The lowest BCUT2D eigenvalue weighted by atomic mass is 10.0. The van der Waals surface area contributed by atoms with Crippen molar-refractivity contribution in [3.63, 3.8) is 0 Å². The van der Waals surface area contributed by atoms with Gasteiger partial charge in [0.1, 0.15) is 17.9 Å². The van der Waals surface area contributed by atoms with Gasteiger partial charge in [-0.1, -0.05) is 49.4 Å². The first-order valence-corrected chi connectivity index (χ1v) is 9.81. The molecule has 106 valence electrons. The van der Waals surface area contributed by atoms with Gasteiger partial charge in [-0.3, -0.25) is 0 Å². The van der Waals surface area contributed by atoms with Crippen molar-refractivity contribution < 1.29 is 0 Å². The van der Waals surface area contributed by atoms with E-state index >= 15 is 0 Å². The van der Waals surface area contributed by atoms with Gasteiger partial charge in [0, 0.05) is 0 Å². The molecular weight excluding hydrogens is 271 g/mol. The van der Waals surface area contributed by atoms with Crippen LogP contribution in [0.5, 0.6) is 0 Å². The molecule has 21 heavy (non-hydrogen) atoms. The highest BCUT2D eigenvalue weighted by Gasteiger charge is 2.41. The molecule has 0 bridgehead atoms. The predicted octanol–water partition coefficient (Wildman–Crippen LogP) is 4.76. The van der Waals surface area contributed by atoms with Crippen molar-refractivity contribution in [2.24, 2.45) is 5.92 Å². The van der Waals surface area contributed by atoms with Crippen LogP contribution in [0, 0.1) is 5.92 Å². The maximum absolute atomic E-state index is 2.46. The summed E-state index contributed by atoms with van der Waals surface area (Å²) in [6, 6.07) is 22.0. The first-order valence-electron chi connectivity index (χ1n) is 7.58. The standard InChI is InChI=1S/C20H22P/c1-17-13-15-20(16-14-17)21(2,18-9-5-3-6-10-18)19-11-7-4-8-12-19/h3-13,15-17H,14H2,1-2H3/q+1. The minimum absolute atomic E-state index is 0.661. The molecule has 1 aliphatic carbocycles. The Morgan fingerprint density at radius 2 is 1.38 bits per heavy atom. The third-order valence-electron chi connectivity index (χ3n) is 4.36. The number of benzene rings is 2. The maximum atomic E-state index is 2.46. The third-order valence-corrected chi connectivity index (χ3v) is 8.38. The highest BCUT2D eigenvalue weighted by molar-refractivity contribution is 7.92. The van der Waals surface area contributed by atoms with Crippen molar-refractivity contribution in [3.8, 4) is 0 Å². The molecule has 0 spiro atoms. The molecule has 0 fully saturated rings. The fourth-order valence-corrected chi connectivity index (χ4v) is 6.23. The van der Waals surface area contributed by atoms with E-state index in [1.165, 1.54) is 15.9 Å². The van der Waals surface area contributed by atoms with Crippen LogP contribution in [0.1, 0.15) is 13.3 Å². The van der Waals surface area contributed by atoms with Gasteiger partial charge in [-0.05, 0) is 48.8 Å². The molecule has 0 radical (unpaired) electrons. The van der Waals surface area contributed by atoms with Crippen LogP contribution in [0.2, 0.25) is 0 Å². The van der Waals surface area contributed by atoms with Crippen molar-refractivity contribution >= 4 is 17.9 Å². The SMILES string of the molecule is CC1C=CC([P+](C)(c2ccccc2)c2ccccc2)=CC1. The summed E-state index contributed by atoms with van der Waals surface area (Å²) in [7, 11) is -1.50. The second-order valence-electron chi connectivity index (χ2n) is 5.88. The zero-order valence-corrected chi connectivity index (χ0v) is 13.6. The van der Waals surface area contributed by atoms with Crippen LogP contribution in [0.4, 0.5) is 0 Å². The molecule has 0 saturated heterocycles. The lowest BCUT2D eigenvalue weighted by Crippen LogP contribution is -2.23. The van der Waals surface area contributed by atoms with Gasteiger partial charge in [-0.15, -0.1) is 0 Å². The average Bonchev–Trinajstić information content (AvgIpc) is 2.56. The summed E-state index contributed by atoms with van der Waals surface area (Å²) in [5.41, 5.74) is 0. The van der Waals surface area contributed by atoms with Crippen molar-refractivity contribution in [2.75, 3.05) is 6.66 Å². The molecule has 0 aromatic heterocycles. The lowest BCUT2D eigenvalue weighted by molar-refractivity contribution is 0.735. The average molecular weight is 293 g/mol. The fourth-order valence-electron chi connectivity index (χ4n) is 2.95. The Balaban J connectivity index is 2.15. The molecule has 2 aromatic rings. The number of hydrogen-bond acceptors (Lipinski definition) is 0. The fraction of sp³-hybridized carbons (Fsp3) is 0.200. The molecular formula is C20H22P+. The Morgan fingerprint density at radius 1 is 0.857 bits per heavy atom. The molecule has 1 heteroatoms. The number of hydrogen-bond donors (Lipinski definition) is 0. The second-order valence-corrected chi connectivity index (χ2v) is 9.44. The van der Waals surface area contributed by atoms with E-state index in [2.05, 4.69) is 92.5 Å². The monoisotopic (exact) mass is 293 g/mol. The molecule has 0 nitrogen and oxygen atoms in total. The van der Waals surface area contributed by atoms with Crippen molar-refractivity contribution in [2.45, 2.75) is 13.3 Å². The largest absolute Gasteiger partial charge is 0.108 e. The first-order chi connectivity index (χ1) is 10.2. The summed E-state index contributed by atoms with van der Waals surface area (Å²) in [5, 5.41) is 4.43. The highest BCUT2D eigenvalue weighted by atomic mass is 31.2. The maximum Gasteiger partial charge on any atom is 0.108 e. The second kappa shape index (κ2) is 6.00. The Morgan fingerprint density at radius 3 is 1.81 bits per heavy atom. The zero-order chi connectivity index (χ0) is 14.7. The first kappa shape index (κ1) is 14.3. The van der Waals surface area contributed by atoms with Crippen LogP contribution < -0.4 is 10.6 Å². The van der Waals surface area contributed by atoms with Crippen LogP contribution in [-0.4, -0.2) is 6.66 Å². The van der Waals surface area contributed by atoms with Gasteiger partial charge in [0.25, 0.3) is 0 Å². The molecule has 0 heterocycles. The predicted molar refractivity (Wildman–Crippen MR) is 96.0 cm³/mol. The number of allylic oxidation sites excluding steroid dienone is 4. The molecule has 3 rings (SSSR count). The van der Waals surface area contributed by atoms with E-state index in [0.717, 1.165) is 6.42 Å². The molecule has 2 aromatic carbocycles. The van der Waals surface area contributed by atoms with Crippen LogP contribution in [-0.2, 0) is 0 Å². The summed E-state index contributed by atoms with van der Waals surface area (Å²) < 4.78 is 0. The Bertz CT molecular complexity index is 613.